The summed E-state index contributed by atoms with van der Waals surface area (Å²) in [5, 5.41) is 7.02. The van der Waals surface area contributed by atoms with E-state index in [1.54, 1.807) is 19.5 Å². The molecule has 1 fully saturated rings. The number of hydrogen-bond acceptors (Lipinski definition) is 6. The van der Waals surface area contributed by atoms with Crippen molar-refractivity contribution in [3.63, 3.8) is 0 Å². The van der Waals surface area contributed by atoms with Crippen molar-refractivity contribution in [1.29, 1.82) is 0 Å². The molecule has 1 aliphatic heterocycles. The van der Waals surface area contributed by atoms with E-state index < -0.39 is 5.54 Å². The summed E-state index contributed by atoms with van der Waals surface area (Å²) in [6.45, 7) is 2.92. The third-order valence-corrected chi connectivity index (χ3v) is 4.74. The lowest BCUT2D eigenvalue weighted by atomic mass is 9.95. The van der Waals surface area contributed by atoms with E-state index in [-0.39, 0.29) is 0 Å². The second kappa shape index (κ2) is 7.82. The zero-order valence-corrected chi connectivity index (χ0v) is 15.3. The lowest BCUT2D eigenvalue weighted by Gasteiger charge is -2.36. The van der Waals surface area contributed by atoms with Crippen molar-refractivity contribution in [2.75, 3.05) is 33.4 Å². The van der Waals surface area contributed by atoms with Crippen molar-refractivity contribution in [2.24, 2.45) is 0 Å². The first-order valence-electron chi connectivity index (χ1n) is 9.02. The van der Waals surface area contributed by atoms with E-state index in [9.17, 15) is 0 Å². The first-order chi connectivity index (χ1) is 13.3. The number of methoxy groups -OCH3 is 1. The Morgan fingerprint density at radius 2 is 2.04 bits per heavy atom. The second-order valence-corrected chi connectivity index (χ2v) is 6.56. The van der Waals surface area contributed by atoms with Crippen LogP contribution in [-0.2, 0) is 5.54 Å². The van der Waals surface area contributed by atoms with Crippen LogP contribution in [-0.4, -0.2) is 38.3 Å². The summed E-state index contributed by atoms with van der Waals surface area (Å²) in [6, 6.07) is 15.6. The molecule has 3 heterocycles. The van der Waals surface area contributed by atoms with Crippen LogP contribution in [0.15, 0.2) is 65.3 Å². The molecule has 1 unspecified atom stereocenters. The Morgan fingerprint density at radius 3 is 2.81 bits per heavy atom. The van der Waals surface area contributed by atoms with Gasteiger partial charge in [-0.1, -0.05) is 12.1 Å². The van der Waals surface area contributed by atoms with Crippen molar-refractivity contribution >= 4 is 0 Å². The van der Waals surface area contributed by atoms with Crippen molar-refractivity contribution < 1.29 is 13.9 Å². The third-order valence-electron chi connectivity index (χ3n) is 4.74. The topological polar surface area (TPSA) is 68.6 Å². The molecule has 0 spiro atoms. The number of furan rings is 1. The first-order valence-corrected chi connectivity index (χ1v) is 9.02. The maximum absolute atomic E-state index is 6.25. The first kappa shape index (κ1) is 17.6. The molecule has 2 aromatic heterocycles. The van der Waals surface area contributed by atoms with Crippen LogP contribution in [0.2, 0.25) is 0 Å². The van der Waals surface area contributed by atoms with E-state index in [1.807, 2.05) is 48.5 Å². The van der Waals surface area contributed by atoms with Gasteiger partial charge in [-0.05, 0) is 36.4 Å². The molecule has 3 aromatic rings. The molecule has 0 bridgehead atoms. The fraction of sp³-hybridized carbons (Fsp3) is 0.286. The van der Waals surface area contributed by atoms with Crippen molar-refractivity contribution in [3.05, 3.63) is 66.7 Å². The highest BCUT2D eigenvalue weighted by Gasteiger charge is 2.38. The highest BCUT2D eigenvalue weighted by Crippen LogP contribution is 2.31. The number of nitrogens with one attached hydrogen (secondary N) is 2. The van der Waals surface area contributed by atoms with E-state index in [2.05, 4.69) is 15.6 Å². The molecular weight excluding hydrogens is 342 g/mol. The van der Waals surface area contributed by atoms with Gasteiger partial charge in [0.2, 0.25) is 0 Å². The molecule has 2 N–H and O–H groups in total. The van der Waals surface area contributed by atoms with E-state index in [0.717, 1.165) is 48.2 Å². The van der Waals surface area contributed by atoms with E-state index in [4.69, 9.17) is 13.9 Å². The van der Waals surface area contributed by atoms with Crippen LogP contribution in [0.25, 0.3) is 11.3 Å². The molecule has 4 rings (SSSR count). The van der Waals surface area contributed by atoms with Gasteiger partial charge in [0, 0.05) is 31.4 Å². The van der Waals surface area contributed by atoms with Crippen LogP contribution in [0.4, 0.5) is 0 Å². The number of pyridine rings is 1. The molecule has 0 saturated carbocycles. The number of nitrogens with zero attached hydrogens (tertiary/aromatic N) is 1. The fourth-order valence-corrected chi connectivity index (χ4v) is 3.27. The Balaban J connectivity index is 1.60. The van der Waals surface area contributed by atoms with Gasteiger partial charge in [0.05, 0.1) is 13.3 Å². The molecule has 27 heavy (non-hydrogen) atoms. The number of hydrogen-bond donors (Lipinski definition) is 2. The van der Waals surface area contributed by atoms with Crippen molar-refractivity contribution in [3.8, 4) is 22.8 Å². The molecular formula is C21H23N3O3. The van der Waals surface area contributed by atoms with Crippen LogP contribution in [0.3, 0.4) is 0 Å². The SMILES string of the molecule is COc1cccc(-c2ccc(C3(COc4cccnc4)CNCCN3)o2)c1. The normalized spacial score (nSPS) is 19.6. The van der Waals surface area contributed by atoms with Gasteiger partial charge in [-0.3, -0.25) is 10.3 Å². The minimum Gasteiger partial charge on any atom is -0.497 e. The number of ether oxygens (including phenoxy) is 2. The van der Waals surface area contributed by atoms with Gasteiger partial charge in [0.25, 0.3) is 0 Å². The summed E-state index contributed by atoms with van der Waals surface area (Å²) in [5.41, 5.74) is 0.540. The molecule has 0 amide bonds. The predicted molar refractivity (Wildman–Crippen MR) is 103 cm³/mol. The summed E-state index contributed by atoms with van der Waals surface area (Å²) in [7, 11) is 1.66. The maximum atomic E-state index is 6.25. The molecule has 6 nitrogen and oxygen atoms in total. The summed E-state index contributed by atoms with van der Waals surface area (Å²) in [4.78, 5) is 4.11. The van der Waals surface area contributed by atoms with Gasteiger partial charge < -0.3 is 19.2 Å². The predicted octanol–water partition coefficient (Wildman–Crippen LogP) is 2.82. The molecule has 6 heteroatoms. The quantitative estimate of drug-likeness (QED) is 0.700. The summed E-state index contributed by atoms with van der Waals surface area (Å²) < 4.78 is 17.6. The van der Waals surface area contributed by atoms with Gasteiger partial charge in [0.15, 0.2) is 0 Å². The average molecular weight is 365 g/mol. The molecule has 140 valence electrons. The Kier molecular flexibility index (Phi) is 5.09. The molecule has 0 aliphatic carbocycles. The highest BCUT2D eigenvalue weighted by molar-refractivity contribution is 5.60. The molecule has 1 aromatic carbocycles. The number of benzene rings is 1. The molecule has 1 saturated heterocycles. The standard InChI is InChI=1S/C21H23N3O3/c1-25-17-5-2-4-16(12-17)19-7-8-20(27-19)21(14-23-10-11-24-21)15-26-18-6-3-9-22-13-18/h2-9,12-13,23-24H,10-11,14-15H2,1H3. The molecule has 1 atom stereocenters. The van der Waals surface area contributed by atoms with Gasteiger partial charge in [-0.25, -0.2) is 0 Å². The Hall–Kier alpha value is -2.83. The van der Waals surface area contributed by atoms with Gasteiger partial charge in [0.1, 0.15) is 35.2 Å². The van der Waals surface area contributed by atoms with Crippen LogP contribution in [0, 0.1) is 0 Å². The summed E-state index contributed by atoms with van der Waals surface area (Å²) in [5.74, 6) is 3.19. The largest absolute Gasteiger partial charge is 0.497 e. The van der Waals surface area contributed by atoms with Crippen LogP contribution >= 0.6 is 0 Å². The highest BCUT2D eigenvalue weighted by atomic mass is 16.5. The Bertz CT molecular complexity index is 873. The second-order valence-electron chi connectivity index (χ2n) is 6.56. The number of rotatable bonds is 6. The van der Waals surface area contributed by atoms with E-state index in [0.29, 0.717) is 6.61 Å². The minimum absolute atomic E-state index is 0.439. The monoisotopic (exact) mass is 365 g/mol. The van der Waals surface area contributed by atoms with Crippen molar-refractivity contribution in [1.82, 2.24) is 15.6 Å². The van der Waals surface area contributed by atoms with Crippen molar-refractivity contribution in [2.45, 2.75) is 5.54 Å². The van der Waals surface area contributed by atoms with Crippen LogP contribution in [0.1, 0.15) is 5.76 Å². The smallest absolute Gasteiger partial charge is 0.137 e. The Labute approximate surface area is 158 Å². The van der Waals surface area contributed by atoms with Gasteiger partial charge >= 0.3 is 0 Å². The van der Waals surface area contributed by atoms with Gasteiger partial charge in [-0.2, -0.15) is 0 Å². The van der Waals surface area contributed by atoms with Crippen LogP contribution < -0.4 is 20.1 Å². The Morgan fingerprint density at radius 1 is 1.11 bits per heavy atom. The number of piperazine rings is 1. The summed E-state index contributed by atoms with van der Waals surface area (Å²) in [6.07, 6.45) is 3.45. The fourth-order valence-electron chi connectivity index (χ4n) is 3.27. The minimum atomic E-state index is -0.439. The maximum Gasteiger partial charge on any atom is 0.137 e. The summed E-state index contributed by atoms with van der Waals surface area (Å²) >= 11 is 0. The molecule has 0 radical (unpaired) electrons. The van der Waals surface area contributed by atoms with E-state index in [1.165, 1.54) is 0 Å². The third kappa shape index (κ3) is 3.82. The number of aromatic nitrogens is 1. The lowest BCUT2D eigenvalue weighted by molar-refractivity contribution is 0.136. The molecule has 1 aliphatic rings. The van der Waals surface area contributed by atoms with E-state index >= 15 is 0 Å². The zero-order chi connectivity index (χ0) is 18.5. The van der Waals surface area contributed by atoms with Gasteiger partial charge in [-0.15, -0.1) is 0 Å². The lowest BCUT2D eigenvalue weighted by Crippen LogP contribution is -2.59. The van der Waals surface area contributed by atoms with Crippen LogP contribution in [0.5, 0.6) is 11.5 Å². The zero-order valence-electron chi connectivity index (χ0n) is 15.3. The average Bonchev–Trinajstić information content (AvgIpc) is 3.25.